The highest BCUT2D eigenvalue weighted by atomic mass is 19.1. The molecule has 1 amide bonds. The number of unbranched alkanes of at least 4 members (excludes halogenated alkanes) is 1. The van der Waals surface area contributed by atoms with E-state index in [1.54, 1.807) is 0 Å². The van der Waals surface area contributed by atoms with Crippen molar-refractivity contribution in [2.75, 3.05) is 26.4 Å². The molecule has 0 heterocycles. The minimum atomic E-state index is -2.64. The quantitative estimate of drug-likeness (QED) is 0.0423. The van der Waals surface area contributed by atoms with Crippen molar-refractivity contribution < 1.29 is 86.6 Å². The van der Waals surface area contributed by atoms with Crippen molar-refractivity contribution in [2.45, 2.75) is 108 Å². The van der Waals surface area contributed by atoms with Gasteiger partial charge < -0.3 is 44.2 Å². The zero-order chi connectivity index (χ0) is 47.2. The number of nitrogens with one attached hydrogen (secondary N) is 1. The second kappa shape index (κ2) is 19.7. The summed E-state index contributed by atoms with van der Waals surface area (Å²) in [5.74, 6) is -6.90. The summed E-state index contributed by atoms with van der Waals surface area (Å²) >= 11 is 0. The highest BCUT2D eigenvalue weighted by Crippen LogP contribution is 2.70. The zero-order valence-corrected chi connectivity index (χ0v) is 35.1. The van der Waals surface area contributed by atoms with Crippen LogP contribution in [0.1, 0.15) is 71.3 Å². The van der Waals surface area contributed by atoms with E-state index in [1.165, 1.54) is 51.1 Å². The summed E-state index contributed by atoms with van der Waals surface area (Å²) in [4.78, 5) is 107. The molecule has 23 heteroatoms. The molecule has 0 radical (unpaired) electrons. The Labute approximate surface area is 363 Å². The number of ketones is 2. The van der Waals surface area contributed by atoms with Crippen LogP contribution in [0.5, 0.6) is 5.75 Å². The minimum absolute atomic E-state index is 0.0632. The topological polar surface area (TPSA) is 297 Å². The second-order valence-corrected chi connectivity index (χ2v) is 16.6. The second-order valence-electron chi connectivity index (χ2n) is 16.6. The maximum Gasteiger partial charge on any atom is 0.514 e. The van der Waals surface area contributed by atoms with Crippen LogP contribution >= 0.6 is 0 Å². The molecule has 0 aliphatic heterocycles. The molecule has 4 aliphatic rings. The van der Waals surface area contributed by atoms with Gasteiger partial charge >= 0.3 is 18.1 Å². The SMILES string of the molecule is CC(=O)N[C@@H](Cc1ccc(OC(=O)OCC(=O)[C@@]2(OC(=O)CCCO[N+](=O)[O-])[C@H](O)CC3C4C[C@H](F)C5=CC(=O)C=C[C@]5(C)[C@@]4(F)[C@@H](O)C[C@@]32C)cc1)C(=O)OCCCCO[N+](=O)[O-]. The minimum Gasteiger partial charge on any atom is -0.464 e. The van der Waals surface area contributed by atoms with Gasteiger partial charge in [-0.1, -0.05) is 25.1 Å². The largest absolute Gasteiger partial charge is 0.514 e. The number of carbonyl (C=O) groups excluding carboxylic acids is 6. The van der Waals surface area contributed by atoms with Crippen molar-refractivity contribution in [3.8, 4) is 5.75 Å². The van der Waals surface area contributed by atoms with Crippen LogP contribution in [0.3, 0.4) is 0 Å². The van der Waals surface area contributed by atoms with Crippen LogP contribution < -0.4 is 10.1 Å². The maximum absolute atomic E-state index is 17.8. The summed E-state index contributed by atoms with van der Waals surface area (Å²) in [7, 11) is 0. The molecule has 1 aromatic rings. The van der Waals surface area contributed by atoms with Crippen molar-refractivity contribution in [2.24, 2.45) is 22.7 Å². The number of aliphatic hydroxyl groups excluding tert-OH is 2. The Morgan fingerprint density at radius 3 is 2.20 bits per heavy atom. The van der Waals surface area contributed by atoms with Gasteiger partial charge in [-0.2, -0.15) is 0 Å². The molecule has 64 heavy (non-hydrogen) atoms. The van der Waals surface area contributed by atoms with Crippen LogP contribution in [0.2, 0.25) is 0 Å². The predicted octanol–water partition coefficient (Wildman–Crippen LogP) is 2.91. The average Bonchev–Trinajstić information content (AvgIpc) is 3.43. The molecule has 3 N–H and O–H groups in total. The summed E-state index contributed by atoms with van der Waals surface area (Å²) in [5, 5.41) is 44.9. The Balaban J connectivity index is 1.30. The number of hydrogen-bond donors (Lipinski definition) is 3. The lowest BCUT2D eigenvalue weighted by Gasteiger charge is -2.63. The maximum atomic E-state index is 17.8. The average molecular weight is 910 g/mol. The summed E-state index contributed by atoms with van der Waals surface area (Å²) in [6.45, 7) is 1.89. The molecular formula is C41H49F2N3O18. The van der Waals surface area contributed by atoms with Crippen molar-refractivity contribution in [1.29, 1.82) is 0 Å². The molecule has 4 aliphatic carbocycles. The Kier molecular flexibility index (Phi) is 15.1. The van der Waals surface area contributed by atoms with E-state index in [2.05, 4.69) is 15.0 Å². The van der Waals surface area contributed by atoms with Gasteiger partial charge in [0, 0.05) is 36.5 Å². The zero-order valence-electron chi connectivity index (χ0n) is 35.1. The number of esters is 2. The summed E-state index contributed by atoms with van der Waals surface area (Å²) in [5.41, 5.74) is -8.62. The first-order valence-electron chi connectivity index (χ1n) is 20.4. The number of ether oxygens (including phenoxy) is 4. The fourth-order valence-electron chi connectivity index (χ4n) is 9.88. The fraction of sp³-hybridized carbons (Fsp3) is 0.610. The molecule has 10 atom stereocenters. The number of aliphatic hydroxyl groups is 2. The normalized spacial score (nSPS) is 30.5. The van der Waals surface area contributed by atoms with E-state index >= 15 is 8.78 Å². The third-order valence-corrected chi connectivity index (χ3v) is 12.8. The first-order chi connectivity index (χ1) is 30.1. The van der Waals surface area contributed by atoms with Crippen LogP contribution in [0.25, 0.3) is 0 Å². The predicted molar refractivity (Wildman–Crippen MR) is 209 cm³/mol. The number of hydrogen-bond acceptors (Lipinski definition) is 18. The molecule has 3 saturated carbocycles. The number of alkyl halides is 2. The van der Waals surface area contributed by atoms with Gasteiger partial charge in [-0.05, 0) is 86.8 Å². The number of fused-ring (bicyclic) bond motifs is 5. The number of benzene rings is 1. The Morgan fingerprint density at radius 2 is 1.56 bits per heavy atom. The van der Waals surface area contributed by atoms with Crippen LogP contribution in [-0.4, -0.2) is 118 Å². The molecule has 21 nitrogen and oxygen atoms in total. The molecule has 350 valence electrons. The third kappa shape index (κ3) is 9.83. The van der Waals surface area contributed by atoms with E-state index < -0.39 is 143 Å². The number of allylic oxidation sites excluding steroid dienone is 4. The lowest BCUT2D eigenvalue weighted by atomic mass is 9.44. The number of nitrogens with zero attached hydrogens (tertiary/aromatic N) is 2. The monoisotopic (exact) mass is 909 g/mol. The van der Waals surface area contributed by atoms with Crippen molar-refractivity contribution in [1.82, 2.24) is 5.32 Å². The highest BCUT2D eigenvalue weighted by molar-refractivity contribution is 6.01. The van der Waals surface area contributed by atoms with Gasteiger partial charge in [0.15, 0.2) is 18.1 Å². The molecule has 3 fully saturated rings. The van der Waals surface area contributed by atoms with E-state index in [9.17, 15) is 59.2 Å². The van der Waals surface area contributed by atoms with Gasteiger partial charge in [-0.25, -0.2) is 18.4 Å². The summed E-state index contributed by atoms with van der Waals surface area (Å²) in [6.07, 6.45) is -6.00. The third-order valence-electron chi connectivity index (χ3n) is 12.8. The summed E-state index contributed by atoms with van der Waals surface area (Å²) in [6, 6.07) is 4.36. The molecule has 0 spiro atoms. The van der Waals surface area contributed by atoms with Crippen LogP contribution in [0, 0.1) is 42.9 Å². The summed E-state index contributed by atoms with van der Waals surface area (Å²) < 4.78 is 55.1. The number of rotatable bonds is 20. The molecule has 0 saturated heterocycles. The first kappa shape index (κ1) is 48.9. The number of Topliss-reactive ketones (excluding diaryl/α,β-unsaturated/α-hetero) is 1. The van der Waals surface area contributed by atoms with E-state index in [0.29, 0.717) is 5.56 Å². The van der Waals surface area contributed by atoms with Crippen LogP contribution in [-0.2, 0) is 54.3 Å². The van der Waals surface area contributed by atoms with Crippen molar-refractivity contribution >= 4 is 35.6 Å². The van der Waals surface area contributed by atoms with Crippen LogP contribution in [0.4, 0.5) is 13.6 Å². The van der Waals surface area contributed by atoms with Gasteiger partial charge in [0.25, 0.3) is 10.2 Å². The smallest absolute Gasteiger partial charge is 0.464 e. The molecule has 1 aromatic carbocycles. The molecule has 0 bridgehead atoms. The van der Waals surface area contributed by atoms with Gasteiger partial charge in [-0.3, -0.25) is 19.2 Å². The van der Waals surface area contributed by atoms with Gasteiger partial charge in [0.2, 0.25) is 17.3 Å². The van der Waals surface area contributed by atoms with E-state index in [0.717, 1.165) is 12.2 Å². The fourth-order valence-corrected chi connectivity index (χ4v) is 9.88. The molecule has 2 unspecified atom stereocenters. The molecule has 5 rings (SSSR count). The molecule has 0 aromatic heterocycles. The van der Waals surface area contributed by atoms with Crippen molar-refractivity contribution in [3.63, 3.8) is 0 Å². The van der Waals surface area contributed by atoms with E-state index in [4.69, 9.17) is 18.9 Å². The number of halogens is 2. The van der Waals surface area contributed by atoms with E-state index in [1.807, 2.05) is 0 Å². The van der Waals surface area contributed by atoms with Gasteiger partial charge in [-0.15, -0.1) is 20.2 Å². The van der Waals surface area contributed by atoms with Gasteiger partial charge in [0.05, 0.1) is 25.9 Å². The number of carbonyl (C=O) groups is 6. The first-order valence-corrected chi connectivity index (χ1v) is 20.4. The van der Waals surface area contributed by atoms with Crippen molar-refractivity contribution in [3.05, 3.63) is 73.9 Å². The Bertz CT molecular complexity index is 2070. The standard InChI is InChI=1S/C41H49F2N3O18/c1-23(47)44-31(36(53)59-14-4-5-15-61-45(55)56)17-24-8-10-26(11-9-24)63-37(54)60-22-34(51)41(64-35(52)7-6-16-62-46(57)58)32(49)20-27-28-19-30(42)29-18-25(48)12-13-38(29,2)40(28,43)33(50)21-39(27,41)3/h8-13,18,27-28,30-33,49-50H,4-7,14-17,19-22H2,1-3H3,(H,44,47)/t27?,28?,30-,31-,32+,33-,38-,39-,40-,41-/m0/s1. The number of amides is 1. The Hall–Kier alpha value is -6.10. The molecular weight excluding hydrogens is 860 g/mol. The lowest BCUT2D eigenvalue weighted by Crippen LogP contribution is -2.71. The highest BCUT2D eigenvalue weighted by Gasteiger charge is 2.79. The van der Waals surface area contributed by atoms with Gasteiger partial charge in [0.1, 0.15) is 24.1 Å². The van der Waals surface area contributed by atoms with E-state index in [-0.39, 0.29) is 50.2 Å². The Morgan fingerprint density at radius 1 is 0.922 bits per heavy atom. The van der Waals surface area contributed by atoms with Crippen LogP contribution in [0.15, 0.2) is 48.1 Å². The lowest BCUT2D eigenvalue weighted by molar-refractivity contribution is -0.757.